The molecule has 1 saturated heterocycles. The van der Waals surface area contributed by atoms with Crippen LogP contribution in [0.25, 0.3) is 0 Å². The Bertz CT molecular complexity index is 416. The second-order valence-electron chi connectivity index (χ2n) is 3.76. The smallest absolute Gasteiger partial charge is 0.137 e. The minimum atomic E-state index is 0.221. The van der Waals surface area contributed by atoms with E-state index in [-0.39, 0.29) is 6.10 Å². The molecular formula is C12H13NO2. The largest absolute Gasteiger partial charge is 0.489 e. The van der Waals surface area contributed by atoms with Crippen LogP contribution in [0.2, 0.25) is 0 Å². The number of hydrogen-bond donors (Lipinski definition) is 0. The molecule has 1 aliphatic heterocycles. The minimum absolute atomic E-state index is 0.221. The Balaban J connectivity index is 2.21. The van der Waals surface area contributed by atoms with Crippen LogP contribution >= 0.6 is 0 Å². The van der Waals surface area contributed by atoms with E-state index in [1.807, 2.05) is 26.0 Å². The van der Waals surface area contributed by atoms with E-state index in [1.54, 1.807) is 0 Å². The van der Waals surface area contributed by atoms with Gasteiger partial charge in [0, 0.05) is 0 Å². The van der Waals surface area contributed by atoms with Gasteiger partial charge in [0.05, 0.1) is 12.2 Å². The molecule has 1 aromatic carbocycles. The van der Waals surface area contributed by atoms with Crippen LogP contribution in [0, 0.1) is 25.2 Å². The van der Waals surface area contributed by atoms with Gasteiger partial charge in [0.25, 0.3) is 0 Å². The fourth-order valence-electron chi connectivity index (χ4n) is 1.40. The molecule has 0 aromatic heterocycles. The first-order chi connectivity index (χ1) is 7.22. The van der Waals surface area contributed by atoms with E-state index >= 15 is 0 Å². The van der Waals surface area contributed by atoms with E-state index in [0.717, 1.165) is 17.7 Å². The predicted molar refractivity (Wildman–Crippen MR) is 55.9 cm³/mol. The van der Waals surface area contributed by atoms with Crippen LogP contribution in [0.1, 0.15) is 16.7 Å². The highest BCUT2D eigenvalue weighted by molar-refractivity contribution is 5.51. The Morgan fingerprint density at radius 1 is 1.53 bits per heavy atom. The molecule has 1 atom stereocenters. The molecule has 1 aliphatic rings. The topological polar surface area (TPSA) is 45.5 Å². The maximum atomic E-state index is 9.04. The summed E-state index contributed by atoms with van der Waals surface area (Å²) in [5.41, 5.74) is 2.74. The molecule has 78 valence electrons. The van der Waals surface area contributed by atoms with Crippen LogP contribution in [0.15, 0.2) is 12.1 Å². The molecule has 3 nitrogen and oxygen atoms in total. The quantitative estimate of drug-likeness (QED) is 0.705. The van der Waals surface area contributed by atoms with Gasteiger partial charge < -0.3 is 9.47 Å². The fourth-order valence-corrected chi connectivity index (χ4v) is 1.40. The van der Waals surface area contributed by atoms with Crippen molar-refractivity contribution >= 4 is 0 Å². The van der Waals surface area contributed by atoms with Crippen LogP contribution in [-0.4, -0.2) is 19.3 Å². The van der Waals surface area contributed by atoms with E-state index in [2.05, 4.69) is 6.07 Å². The lowest BCUT2D eigenvalue weighted by Crippen LogP contribution is -2.06. The molecule has 0 radical (unpaired) electrons. The summed E-state index contributed by atoms with van der Waals surface area (Å²) in [7, 11) is 0. The molecule has 1 aromatic rings. The van der Waals surface area contributed by atoms with Gasteiger partial charge >= 0.3 is 0 Å². The fraction of sp³-hybridized carbons (Fsp3) is 0.417. The van der Waals surface area contributed by atoms with Crippen molar-refractivity contribution in [3.8, 4) is 11.8 Å². The number of nitriles is 1. The zero-order chi connectivity index (χ0) is 10.8. The number of ether oxygens (including phenoxy) is 2. The monoisotopic (exact) mass is 203 g/mol. The summed E-state index contributed by atoms with van der Waals surface area (Å²) in [4.78, 5) is 0. The Morgan fingerprint density at radius 2 is 2.27 bits per heavy atom. The second kappa shape index (κ2) is 3.92. The molecule has 3 heteroatoms. The maximum Gasteiger partial charge on any atom is 0.137 e. The Hall–Kier alpha value is -1.53. The molecule has 15 heavy (non-hydrogen) atoms. The van der Waals surface area contributed by atoms with Crippen LogP contribution in [0.4, 0.5) is 0 Å². The normalized spacial score (nSPS) is 18.3. The van der Waals surface area contributed by atoms with Gasteiger partial charge in [-0.3, -0.25) is 0 Å². The molecule has 0 saturated carbocycles. The van der Waals surface area contributed by atoms with Crippen LogP contribution < -0.4 is 4.74 Å². The van der Waals surface area contributed by atoms with E-state index in [4.69, 9.17) is 14.7 Å². The first kappa shape index (κ1) is 10.0. The summed E-state index contributed by atoms with van der Waals surface area (Å²) in [6.45, 7) is 5.24. The van der Waals surface area contributed by atoms with E-state index in [0.29, 0.717) is 17.9 Å². The second-order valence-corrected chi connectivity index (χ2v) is 3.76. The highest BCUT2D eigenvalue weighted by Crippen LogP contribution is 2.25. The van der Waals surface area contributed by atoms with Gasteiger partial charge in [0.1, 0.15) is 24.5 Å². The Labute approximate surface area is 89.2 Å². The van der Waals surface area contributed by atoms with Gasteiger partial charge in [-0.25, -0.2) is 0 Å². The summed E-state index contributed by atoms with van der Waals surface area (Å²) in [5.74, 6) is 0.663. The summed E-state index contributed by atoms with van der Waals surface area (Å²) in [5, 5.41) is 9.04. The Kier molecular flexibility index (Phi) is 2.61. The molecule has 0 N–H and O–H groups in total. The summed E-state index contributed by atoms with van der Waals surface area (Å²) in [6.07, 6.45) is 0.221. The number of epoxide rings is 1. The standard InChI is InChI=1S/C12H13NO2/c1-8-3-4-12(11(5-13)9(8)2)15-7-10-6-14-10/h3-4,10H,6-7H2,1-2H3/t10-/m0/s1. The number of rotatable bonds is 3. The van der Waals surface area contributed by atoms with Crippen LogP contribution in [0.3, 0.4) is 0 Å². The molecule has 0 aliphatic carbocycles. The lowest BCUT2D eigenvalue weighted by Gasteiger charge is -2.09. The third kappa shape index (κ3) is 2.11. The molecule has 0 unspecified atom stereocenters. The molecule has 0 bridgehead atoms. The first-order valence-corrected chi connectivity index (χ1v) is 4.97. The predicted octanol–water partition coefficient (Wildman–Crippen LogP) is 1.95. The molecule has 1 fully saturated rings. The van der Waals surface area contributed by atoms with Gasteiger partial charge in [0.2, 0.25) is 0 Å². The van der Waals surface area contributed by atoms with Crippen molar-refractivity contribution in [1.82, 2.24) is 0 Å². The van der Waals surface area contributed by atoms with Crippen molar-refractivity contribution in [3.63, 3.8) is 0 Å². The molecule has 0 amide bonds. The van der Waals surface area contributed by atoms with Gasteiger partial charge in [-0.05, 0) is 31.0 Å². The third-order valence-electron chi connectivity index (χ3n) is 2.64. The lowest BCUT2D eigenvalue weighted by molar-refractivity contribution is 0.262. The van der Waals surface area contributed by atoms with Gasteiger partial charge in [0.15, 0.2) is 0 Å². The van der Waals surface area contributed by atoms with E-state index in [9.17, 15) is 0 Å². The van der Waals surface area contributed by atoms with Crippen molar-refractivity contribution in [2.75, 3.05) is 13.2 Å². The van der Waals surface area contributed by atoms with Crippen molar-refractivity contribution in [1.29, 1.82) is 5.26 Å². The highest BCUT2D eigenvalue weighted by atomic mass is 16.6. The van der Waals surface area contributed by atoms with Crippen molar-refractivity contribution < 1.29 is 9.47 Å². The molecule has 2 rings (SSSR count). The molecule has 1 heterocycles. The molecule has 0 spiro atoms. The van der Waals surface area contributed by atoms with Gasteiger partial charge in [-0.2, -0.15) is 5.26 Å². The highest BCUT2D eigenvalue weighted by Gasteiger charge is 2.23. The van der Waals surface area contributed by atoms with Gasteiger partial charge in [-0.1, -0.05) is 6.07 Å². The van der Waals surface area contributed by atoms with Crippen molar-refractivity contribution in [2.45, 2.75) is 20.0 Å². The lowest BCUT2D eigenvalue weighted by atomic mass is 10.0. The van der Waals surface area contributed by atoms with Gasteiger partial charge in [-0.15, -0.1) is 0 Å². The maximum absolute atomic E-state index is 9.04. The summed E-state index contributed by atoms with van der Waals surface area (Å²) >= 11 is 0. The number of aryl methyl sites for hydroxylation is 1. The SMILES string of the molecule is Cc1ccc(OC[C@@H]2CO2)c(C#N)c1C. The number of benzene rings is 1. The van der Waals surface area contributed by atoms with Crippen LogP contribution in [-0.2, 0) is 4.74 Å². The summed E-state index contributed by atoms with van der Waals surface area (Å²) in [6, 6.07) is 6.00. The van der Waals surface area contributed by atoms with E-state index in [1.165, 1.54) is 0 Å². The number of nitrogens with zero attached hydrogens (tertiary/aromatic N) is 1. The molecular weight excluding hydrogens is 190 g/mol. The Morgan fingerprint density at radius 3 is 2.87 bits per heavy atom. The average Bonchev–Trinajstić information content (AvgIpc) is 3.03. The third-order valence-corrected chi connectivity index (χ3v) is 2.64. The summed E-state index contributed by atoms with van der Waals surface area (Å²) < 4.78 is 10.6. The number of hydrogen-bond acceptors (Lipinski definition) is 3. The van der Waals surface area contributed by atoms with Crippen molar-refractivity contribution in [2.24, 2.45) is 0 Å². The zero-order valence-electron chi connectivity index (χ0n) is 8.91. The zero-order valence-corrected chi connectivity index (χ0v) is 8.91. The van der Waals surface area contributed by atoms with Crippen molar-refractivity contribution in [3.05, 3.63) is 28.8 Å². The van der Waals surface area contributed by atoms with E-state index < -0.39 is 0 Å². The van der Waals surface area contributed by atoms with Crippen LogP contribution in [0.5, 0.6) is 5.75 Å². The first-order valence-electron chi connectivity index (χ1n) is 4.97. The minimum Gasteiger partial charge on any atom is -0.489 e. The average molecular weight is 203 g/mol.